The lowest BCUT2D eigenvalue weighted by atomic mass is 10.2. The van der Waals surface area contributed by atoms with E-state index >= 15 is 0 Å². The van der Waals surface area contributed by atoms with Crippen LogP contribution in [-0.2, 0) is 6.54 Å². The number of aromatic nitrogens is 2. The monoisotopic (exact) mass is 255 g/mol. The number of aryl methyl sites for hydroxylation is 1. The smallest absolute Gasteiger partial charge is 0.0907 e. The maximum Gasteiger partial charge on any atom is 0.0907 e. The lowest BCUT2D eigenvalue weighted by Crippen LogP contribution is -1.98. The molecule has 0 aliphatic rings. The summed E-state index contributed by atoms with van der Waals surface area (Å²) in [5.41, 5.74) is 3.43. The number of hydrogen-bond donors (Lipinski definition) is 1. The molecule has 2 aromatic heterocycles. The second-order valence-corrected chi connectivity index (χ2v) is 5.36. The van der Waals surface area contributed by atoms with E-state index in [9.17, 15) is 0 Å². The van der Waals surface area contributed by atoms with Crippen molar-refractivity contribution in [3.63, 3.8) is 0 Å². The number of nitrogens with zero attached hydrogens (tertiary/aromatic N) is 2. The second kappa shape index (κ2) is 4.74. The summed E-state index contributed by atoms with van der Waals surface area (Å²) < 4.78 is 1.23. The van der Waals surface area contributed by atoms with Crippen LogP contribution in [0.5, 0.6) is 0 Å². The van der Waals surface area contributed by atoms with Crippen molar-refractivity contribution in [1.82, 2.24) is 9.97 Å². The fourth-order valence-corrected chi connectivity index (χ4v) is 2.72. The summed E-state index contributed by atoms with van der Waals surface area (Å²) in [6, 6.07) is 10.3. The zero-order valence-corrected chi connectivity index (χ0v) is 10.9. The van der Waals surface area contributed by atoms with E-state index in [0.29, 0.717) is 0 Å². The average molecular weight is 255 g/mol. The van der Waals surface area contributed by atoms with Crippen LogP contribution in [-0.4, -0.2) is 9.97 Å². The minimum atomic E-state index is 0.811. The molecule has 0 radical (unpaired) electrons. The Morgan fingerprint density at radius 2 is 2.00 bits per heavy atom. The van der Waals surface area contributed by atoms with E-state index < -0.39 is 0 Å². The van der Waals surface area contributed by atoms with Crippen LogP contribution in [0.1, 0.15) is 10.6 Å². The number of nitrogens with one attached hydrogen (secondary N) is 1. The Hall–Kier alpha value is -1.94. The highest BCUT2D eigenvalue weighted by atomic mass is 32.1. The van der Waals surface area contributed by atoms with E-state index in [2.05, 4.69) is 33.5 Å². The highest BCUT2D eigenvalue weighted by molar-refractivity contribution is 7.18. The van der Waals surface area contributed by atoms with Crippen LogP contribution in [0.2, 0.25) is 0 Å². The van der Waals surface area contributed by atoms with Crippen molar-refractivity contribution in [3.05, 3.63) is 53.3 Å². The number of rotatable bonds is 3. The number of fused-ring (bicyclic) bond motifs is 1. The Morgan fingerprint density at radius 1 is 1.17 bits per heavy atom. The molecule has 0 unspecified atom stereocenters. The largest absolute Gasteiger partial charge is 0.381 e. The van der Waals surface area contributed by atoms with Crippen molar-refractivity contribution in [2.24, 2.45) is 0 Å². The van der Waals surface area contributed by atoms with Gasteiger partial charge in [0.15, 0.2) is 0 Å². The number of hydrogen-bond acceptors (Lipinski definition) is 4. The molecule has 1 N–H and O–H groups in total. The van der Waals surface area contributed by atoms with E-state index in [4.69, 9.17) is 0 Å². The molecule has 0 saturated heterocycles. The SMILES string of the molecule is Cc1nc2ccc(NCc3ccncc3)cc2s1. The molecule has 0 atom stereocenters. The molecule has 18 heavy (non-hydrogen) atoms. The Morgan fingerprint density at radius 3 is 2.83 bits per heavy atom. The fraction of sp³-hybridized carbons (Fsp3) is 0.143. The third-order valence-corrected chi connectivity index (χ3v) is 3.67. The van der Waals surface area contributed by atoms with Gasteiger partial charge < -0.3 is 5.32 Å². The number of thiazole rings is 1. The molecule has 90 valence electrons. The Balaban J connectivity index is 1.78. The van der Waals surface area contributed by atoms with Gasteiger partial charge in [0.05, 0.1) is 15.2 Å². The highest BCUT2D eigenvalue weighted by Gasteiger charge is 2.01. The molecule has 3 nitrogen and oxygen atoms in total. The molecule has 2 heterocycles. The molecular weight excluding hydrogens is 242 g/mol. The van der Waals surface area contributed by atoms with Crippen molar-refractivity contribution < 1.29 is 0 Å². The second-order valence-electron chi connectivity index (χ2n) is 4.12. The summed E-state index contributed by atoms with van der Waals surface area (Å²) in [7, 11) is 0. The van der Waals surface area contributed by atoms with Crippen LogP contribution >= 0.6 is 11.3 Å². The first kappa shape index (κ1) is 11.2. The Bertz CT molecular complexity index is 661. The lowest BCUT2D eigenvalue weighted by Gasteiger charge is -2.05. The molecule has 3 rings (SSSR count). The molecule has 0 amide bonds. The summed E-state index contributed by atoms with van der Waals surface area (Å²) in [6.07, 6.45) is 3.62. The first-order chi connectivity index (χ1) is 8.81. The van der Waals surface area contributed by atoms with Crippen molar-refractivity contribution in [3.8, 4) is 0 Å². The van der Waals surface area contributed by atoms with Crippen molar-refractivity contribution >= 4 is 27.2 Å². The first-order valence-electron chi connectivity index (χ1n) is 5.81. The maximum absolute atomic E-state index is 4.46. The summed E-state index contributed by atoms with van der Waals surface area (Å²) >= 11 is 1.73. The maximum atomic E-state index is 4.46. The molecule has 0 bridgehead atoms. The fourth-order valence-electron chi connectivity index (χ4n) is 1.85. The third-order valence-electron chi connectivity index (χ3n) is 2.74. The van der Waals surface area contributed by atoms with Gasteiger partial charge in [-0.15, -0.1) is 11.3 Å². The molecule has 0 aliphatic heterocycles. The van der Waals surface area contributed by atoms with Gasteiger partial charge in [-0.1, -0.05) is 0 Å². The summed E-state index contributed by atoms with van der Waals surface area (Å²) in [6.45, 7) is 2.85. The average Bonchev–Trinajstić information content (AvgIpc) is 2.77. The van der Waals surface area contributed by atoms with Crippen LogP contribution < -0.4 is 5.32 Å². The van der Waals surface area contributed by atoms with Crippen LogP contribution in [0.4, 0.5) is 5.69 Å². The van der Waals surface area contributed by atoms with Crippen molar-refractivity contribution in [2.75, 3.05) is 5.32 Å². The van der Waals surface area contributed by atoms with E-state index in [0.717, 1.165) is 22.8 Å². The first-order valence-corrected chi connectivity index (χ1v) is 6.63. The number of benzene rings is 1. The molecule has 3 aromatic rings. The van der Waals surface area contributed by atoms with E-state index in [-0.39, 0.29) is 0 Å². The van der Waals surface area contributed by atoms with E-state index in [1.54, 1.807) is 11.3 Å². The zero-order valence-electron chi connectivity index (χ0n) is 10.1. The normalized spacial score (nSPS) is 10.7. The zero-order chi connectivity index (χ0) is 12.4. The van der Waals surface area contributed by atoms with Gasteiger partial charge in [0.25, 0.3) is 0 Å². The van der Waals surface area contributed by atoms with Gasteiger partial charge in [-0.05, 0) is 42.8 Å². The van der Waals surface area contributed by atoms with E-state index in [1.807, 2.05) is 31.5 Å². The topological polar surface area (TPSA) is 37.8 Å². The predicted molar refractivity (Wildman–Crippen MR) is 75.9 cm³/mol. The van der Waals surface area contributed by atoms with Crippen LogP contribution in [0.25, 0.3) is 10.2 Å². The van der Waals surface area contributed by atoms with E-state index in [1.165, 1.54) is 10.3 Å². The Kier molecular flexibility index (Phi) is 2.94. The van der Waals surface area contributed by atoms with Crippen molar-refractivity contribution in [2.45, 2.75) is 13.5 Å². The Labute approximate surface area is 110 Å². The van der Waals surface area contributed by atoms with Gasteiger partial charge in [-0.3, -0.25) is 4.98 Å². The van der Waals surface area contributed by atoms with Gasteiger partial charge in [-0.2, -0.15) is 0 Å². The summed E-state index contributed by atoms with van der Waals surface area (Å²) in [4.78, 5) is 8.46. The molecule has 1 aromatic carbocycles. The van der Waals surface area contributed by atoms with Crippen LogP contribution in [0.3, 0.4) is 0 Å². The third kappa shape index (κ3) is 2.33. The van der Waals surface area contributed by atoms with Crippen LogP contribution in [0, 0.1) is 6.92 Å². The summed E-state index contributed by atoms with van der Waals surface area (Å²) in [5.74, 6) is 0. The van der Waals surface area contributed by atoms with Gasteiger partial charge in [0.1, 0.15) is 0 Å². The highest BCUT2D eigenvalue weighted by Crippen LogP contribution is 2.24. The lowest BCUT2D eigenvalue weighted by molar-refractivity contribution is 1.13. The number of anilines is 1. The quantitative estimate of drug-likeness (QED) is 0.777. The molecular formula is C14H13N3S. The predicted octanol–water partition coefficient (Wildman–Crippen LogP) is 3.61. The minimum Gasteiger partial charge on any atom is -0.381 e. The van der Waals surface area contributed by atoms with Gasteiger partial charge in [0, 0.05) is 24.6 Å². The van der Waals surface area contributed by atoms with Crippen LogP contribution in [0.15, 0.2) is 42.7 Å². The molecule has 4 heteroatoms. The van der Waals surface area contributed by atoms with Crippen molar-refractivity contribution in [1.29, 1.82) is 0 Å². The standard InChI is InChI=1S/C14H13N3S/c1-10-17-13-3-2-12(8-14(13)18-10)16-9-11-4-6-15-7-5-11/h2-8,16H,9H2,1H3. The van der Waals surface area contributed by atoms with Gasteiger partial charge in [0.2, 0.25) is 0 Å². The number of pyridine rings is 1. The molecule has 0 saturated carbocycles. The molecule has 0 aliphatic carbocycles. The minimum absolute atomic E-state index is 0.811. The summed E-state index contributed by atoms with van der Waals surface area (Å²) in [5, 5.41) is 4.52. The van der Waals surface area contributed by atoms with Gasteiger partial charge in [-0.25, -0.2) is 4.98 Å². The molecule has 0 spiro atoms. The van der Waals surface area contributed by atoms with Gasteiger partial charge >= 0.3 is 0 Å². The molecule has 0 fully saturated rings.